The van der Waals surface area contributed by atoms with Gasteiger partial charge in [-0.15, -0.1) is 0 Å². The standard InChI is InChI=1S/C13H19N3O4/c1-8-5-9(17)6-12(18)10(8)7-15-11(13(19)20)3-2-4-16-14/h5-7,11,16-18H,2-4,14H2,1H3,(H,19,20). The Kier molecular flexibility index (Phi) is 5.95. The molecule has 0 aromatic heterocycles. The number of aromatic hydroxyl groups is 2. The Morgan fingerprint density at radius 1 is 1.50 bits per heavy atom. The number of aliphatic carboxylic acids is 1. The lowest BCUT2D eigenvalue weighted by molar-refractivity contribution is -0.138. The van der Waals surface area contributed by atoms with Gasteiger partial charge in [-0.2, -0.15) is 0 Å². The summed E-state index contributed by atoms with van der Waals surface area (Å²) in [7, 11) is 0. The summed E-state index contributed by atoms with van der Waals surface area (Å²) < 4.78 is 0. The third-order valence-electron chi connectivity index (χ3n) is 2.82. The highest BCUT2D eigenvalue weighted by Gasteiger charge is 2.15. The van der Waals surface area contributed by atoms with Gasteiger partial charge in [0.15, 0.2) is 0 Å². The molecule has 110 valence electrons. The summed E-state index contributed by atoms with van der Waals surface area (Å²) in [6.45, 7) is 2.19. The molecule has 0 aliphatic carbocycles. The van der Waals surface area contributed by atoms with Crippen LogP contribution in [-0.2, 0) is 4.79 Å². The normalized spacial score (nSPS) is 12.7. The fraction of sp³-hybridized carbons (Fsp3) is 0.385. The number of nitrogens with two attached hydrogens (primary N) is 1. The van der Waals surface area contributed by atoms with E-state index in [2.05, 4.69) is 10.4 Å². The first-order valence-electron chi connectivity index (χ1n) is 6.17. The van der Waals surface area contributed by atoms with Gasteiger partial charge in [-0.25, -0.2) is 4.79 Å². The van der Waals surface area contributed by atoms with Crippen LogP contribution in [-0.4, -0.2) is 40.1 Å². The van der Waals surface area contributed by atoms with Crippen molar-refractivity contribution in [3.63, 3.8) is 0 Å². The Balaban J connectivity index is 2.85. The zero-order valence-corrected chi connectivity index (χ0v) is 11.2. The minimum absolute atomic E-state index is 0.0547. The van der Waals surface area contributed by atoms with Crippen LogP contribution in [0.1, 0.15) is 24.0 Å². The van der Waals surface area contributed by atoms with Gasteiger partial charge in [0.05, 0.1) is 0 Å². The molecule has 1 aromatic carbocycles. The second-order valence-electron chi connectivity index (χ2n) is 4.42. The fourth-order valence-corrected chi connectivity index (χ4v) is 1.75. The van der Waals surface area contributed by atoms with E-state index in [0.717, 1.165) is 0 Å². The van der Waals surface area contributed by atoms with E-state index < -0.39 is 12.0 Å². The number of nitrogens with one attached hydrogen (secondary N) is 1. The molecule has 0 heterocycles. The zero-order chi connectivity index (χ0) is 15.1. The van der Waals surface area contributed by atoms with Crippen LogP contribution in [0.5, 0.6) is 11.5 Å². The Labute approximate surface area is 116 Å². The molecule has 0 aliphatic heterocycles. The minimum atomic E-state index is -1.03. The number of carboxylic acids is 1. The van der Waals surface area contributed by atoms with Gasteiger partial charge in [-0.05, 0) is 31.4 Å². The second kappa shape index (κ2) is 7.46. The van der Waals surface area contributed by atoms with E-state index in [4.69, 9.17) is 10.9 Å². The van der Waals surface area contributed by atoms with Crippen molar-refractivity contribution in [2.75, 3.05) is 6.54 Å². The van der Waals surface area contributed by atoms with Gasteiger partial charge in [0.25, 0.3) is 0 Å². The summed E-state index contributed by atoms with van der Waals surface area (Å²) in [5.74, 6) is 3.89. The van der Waals surface area contributed by atoms with E-state index in [9.17, 15) is 15.0 Å². The smallest absolute Gasteiger partial charge is 0.328 e. The molecule has 1 rings (SSSR count). The van der Waals surface area contributed by atoms with Crippen LogP contribution in [0.25, 0.3) is 0 Å². The molecule has 0 spiro atoms. The molecule has 6 N–H and O–H groups in total. The molecule has 1 atom stereocenters. The third-order valence-corrected chi connectivity index (χ3v) is 2.82. The predicted molar refractivity (Wildman–Crippen MR) is 75.0 cm³/mol. The van der Waals surface area contributed by atoms with Crippen LogP contribution in [0, 0.1) is 6.92 Å². The quantitative estimate of drug-likeness (QED) is 0.214. The zero-order valence-electron chi connectivity index (χ0n) is 11.2. The lowest BCUT2D eigenvalue weighted by atomic mass is 10.1. The largest absolute Gasteiger partial charge is 0.508 e. The topological polar surface area (TPSA) is 128 Å². The maximum absolute atomic E-state index is 11.1. The Hall–Kier alpha value is -2.12. The fourth-order valence-electron chi connectivity index (χ4n) is 1.75. The molecular formula is C13H19N3O4. The van der Waals surface area contributed by atoms with Gasteiger partial charge in [-0.3, -0.25) is 16.3 Å². The van der Waals surface area contributed by atoms with E-state index in [0.29, 0.717) is 30.5 Å². The van der Waals surface area contributed by atoms with Crippen molar-refractivity contribution in [1.82, 2.24) is 5.43 Å². The molecule has 1 unspecified atom stereocenters. The van der Waals surface area contributed by atoms with Gasteiger partial charge < -0.3 is 15.3 Å². The average molecular weight is 281 g/mol. The average Bonchev–Trinajstić information content (AvgIpc) is 2.35. The number of carbonyl (C=O) groups is 1. The molecule has 0 bridgehead atoms. The van der Waals surface area contributed by atoms with Gasteiger partial charge in [-0.1, -0.05) is 0 Å². The summed E-state index contributed by atoms with van der Waals surface area (Å²) in [6, 6.07) is 1.76. The van der Waals surface area contributed by atoms with E-state index in [1.807, 2.05) is 0 Å². The number of hydrazine groups is 1. The first kappa shape index (κ1) is 15.9. The number of hydrogen-bond acceptors (Lipinski definition) is 6. The van der Waals surface area contributed by atoms with Crippen LogP contribution in [0.2, 0.25) is 0 Å². The number of phenols is 2. The van der Waals surface area contributed by atoms with Gasteiger partial charge >= 0.3 is 5.97 Å². The van der Waals surface area contributed by atoms with Gasteiger partial charge in [0, 0.05) is 24.4 Å². The highest BCUT2D eigenvalue weighted by molar-refractivity contribution is 5.88. The van der Waals surface area contributed by atoms with Crippen LogP contribution in [0.3, 0.4) is 0 Å². The number of aliphatic imine (C=N–C) groups is 1. The molecule has 20 heavy (non-hydrogen) atoms. The van der Waals surface area contributed by atoms with E-state index in [1.54, 1.807) is 6.92 Å². The molecule has 0 aliphatic rings. The Bertz CT molecular complexity index is 479. The number of carboxylic acid groups (broad SMARTS) is 1. The Morgan fingerprint density at radius 2 is 2.20 bits per heavy atom. The SMILES string of the molecule is Cc1cc(O)cc(O)c1C=NC(CCCNN)C(=O)O. The van der Waals surface area contributed by atoms with Crippen LogP contribution in [0.4, 0.5) is 0 Å². The summed E-state index contributed by atoms with van der Waals surface area (Å²) in [5.41, 5.74) is 3.45. The second-order valence-corrected chi connectivity index (χ2v) is 4.42. The van der Waals surface area contributed by atoms with Crippen LogP contribution in [0.15, 0.2) is 17.1 Å². The first-order chi connectivity index (χ1) is 9.45. The van der Waals surface area contributed by atoms with E-state index in [-0.39, 0.29) is 11.5 Å². The molecule has 0 radical (unpaired) electrons. The number of hydrogen-bond donors (Lipinski definition) is 5. The summed E-state index contributed by atoms with van der Waals surface area (Å²) in [6.07, 6.45) is 2.23. The molecule has 0 saturated carbocycles. The van der Waals surface area contributed by atoms with Crippen LogP contribution < -0.4 is 11.3 Å². The number of phenolic OH excluding ortho intramolecular Hbond substituents is 2. The van der Waals surface area contributed by atoms with Gasteiger partial charge in [0.2, 0.25) is 0 Å². The van der Waals surface area contributed by atoms with Crippen molar-refractivity contribution < 1.29 is 20.1 Å². The summed E-state index contributed by atoms with van der Waals surface area (Å²) in [4.78, 5) is 15.1. The lowest BCUT2D eigenvalue weighted by Crippen LogP contribution is -2.25. The highest BCUT2D eigenvalue weighted by atomic mass is 16.4. The molecule has 0 fully saturated rings. The monoisotopic (exact) mass is 281 g/mol. The molecule has 7 heteroatoms. The van der Waals surface area contributed by atoms with Crippen molar-refractivity contribution in [1.29, 1.82) is 0 Å². The molecule has 7 nitrogen and oxygen atoms in total. The predicted octanol–water partition coefficient (Wildman–Crippen LogP) is 0.522. The number of nitrogens with zero attached hydrogens (tertiary/aromatic N) is 1. The maximum atomic E-state index is 11.1. The molecule has 0 saturated heterocycles. The minimum Gasteiger partial charge on any atom is -0.508 e. The van der Waals surface area contributed by atoms with Crippen molar-refractivity contribution in [3.05, 3.63) is 23.3 Å². The first-order valence-corrected chi connectivity index (χ1v) is 6.17. The number of benzene rings is 1. The van der Waals surface area contributed by atoms with E-state index >= 15 is 0 Å². The van der Waals surface area contributed by atoms with Gasteiger partial charge in [0.1, 0.15) is 17.5 Å². The number of aryl methyl sites for hydroxylation is 1. The number of rotatable bonds is 7. The molecular weight excluding hydrogens is 262 g/mol. The van der Waals surface area contributed by atoms with E-state index in [1.165, 1.54) is 18.3 Å². The summed E-state index contributed by atoms with van der Waals surface area (Å²) >= 11 is 0. The van der Waals surface area contributed by atoms with Crippen molar-refractivity contribution >= 4 is 12.2 Å². The lowest BCUT2D eigenvalue weighted by Gasteiger charge is -2.08. The molecule has 0 amide bonds. The molecule has 1 aromatic rings. The summed E-state index contributed by atoms with van der Waals surface area (Å²) in [5, 5.41) is 28.1. The van der Waals surface area contributed by atoms with Crippen molar-refractivity contribution in [3.8, 4) is 11.5 Å². The van der Waals surface area contributed by atoms with Crippen molar-refractivity contribution in [2.24, 2.45) is 10.8 Å². The van der Waals surface area contributed by atoms with Crippen molar-refractivity contribution in [2.45, 2.75) is 25.8 Å². The maximum Gasteiger partial charge on any atom is 0.328 e. The Morgan fingerprint density at radius 3 is 2.75 bits per heavy atom. The highest BCUT2D eigenvalue weighted by Crippen LogP contribution is 2.25. The third kappa shape index (κ3) is 4.52. The van der Waals surface area contributed by atoms with Crippen LogP contribution >= 0.6 is 0 Å².